The molecule has 1 unspecified atom stereocenters. The first-order valence-corrected chi connectivity index (χ1v) is 10.3. The maximum Gasteiger partial charge on any atom is 0.397 e. The summed E-state index contributed by atoms with van der Waals surface area (Å²) in [5.41, 5.74) is 0. The second-order valence-electron chi connectivity index (χ2n) is 5.02. The van der Waals surface area contributed by atoms with Crippen LogP contribution >= 0.6 is 22.6 Å². The molecule has 0 aromatic heterocycles. The monoisotopic (exact) mass is 442 g/mol. The number of rotatable bonds is 10. The van der Waals surface area contributed by atoms with Crippen molar-refractivity contribution in [1.29, 1.82) is 0 Å². The zero-order valence-electron chi connectivity index (χ0n) is 13.2. The van der Waals surface area contributed by atoms with Gasteiger partial charge in [-0.1, -0.05) is 104 Å². The Balaban J connectivity index is 0.000000604. The molecular weight excluding hydrogens is 415 g/mol. The third kappa shape index (κ3) is 17.9. The van der Waals surface area contributed by atoms with Crippen molar-refractivity contribution in [3.05, 3.63) is 36.4 Å². The average molecular weight is 442 g/mol. The molecular formula is C16H27IO4S. The van der Waals surface area contributed by atoms with Crippen molar-refractivity contribution in [3.8, 4) is 0 Å². The molecule has 0 saturated heterocycles. The van der Waals surface area contributed by atoms with Gasteiger partial charge in [0, 0.05) is 3.92 Å². The van der Waals surface area contributed by atoms with Gasteiger partial charge in [-0.25, -0.2) is 4.18 Å². The Hall–Kier alpha value is -0.180. The average Bonchev–Trinajstić information content (AvgIpc) is 2.50. The summed E-state index contributed by atoms with van der Waals surface area (Å²) in [5.74, 6) is 0. The highest BCUT2D eigenvalue weighted by Gasteiger charge is 2.10. The lowest BCUT2D eigenvalue weighted by Gasteiger charge is -2.08. The predicted octanol–water partition coefficient (Wildman–Crippen LogP) is 5.05. The van der Waals surface area contributed by atoms with Crippen molar-refractivity contribution in [2.45, 2.75) is 55.8 Å². The standard InChI is InChI=1S/C10H21IO4S.C6H6/c1-2-3-4-5-6-7-8-10(11)9-15-16(12,13)14;1-2-4-6-5-3-1/h10H,2-9H2,1H3,(H,12,13,14);1-6H. The molecule has 6 heteroatoms. The molecule has 1 aromatic carbocycles. The molecule has 0 radical (unpaired) electrons. The number of unbranched alkanes of at least 4 members (excludes halogenated alkanes) is 5. The Morgan fingerprint density at radius 3 is 1.86 bits per heavy atom. The molecule has 0 saturated carbocycles. The maximum absolute atomic E-state index is 10.3. The topological polar surface area (TPSA) is 63.6 Å². The summed E-state index contributed by atoms with van der Waals surface area (Å²) in [5, 5.41) is 0. The van der Waals surface area contributed by atoms with Gasteiger partial charge in [0.15, 0.2) is 0 Å². The van der Waals surface area contributed by atoms with E-state index in [-0.39, 0.29) is 10.5 Å². The van der Waals surface area contributed by atoms with Gasteiger partial charge in [0.05, 0.1) is 6.61 Å². The Labute approximate surface area is 148 Å². The first kappa shape index (κ1) is 21.8. The minimum Gasteiger partial charge on any atom is -0.264 e. The minimum atomic E-state index is -4.27. The van der Waals surface area contributed by atoms with Crippen molar-refractivity contribution in [1.82, 2.24) is 0 Å². The molecule has 22 heavy (non-hydrogen) atoms. The van der Waals surface area contributed by atoms with Crippen LogP contribution in [0.3, 0.4) is 0 Å². The Bertz CT molecular complexity index is 410. The van der Waals surface area contributed by atoms with E-state index < -0.39 is 10.4 Å². The zero-order chi connectivity index (χ0) is 16.7. The highest BCUT2D eigenvalue weighted by molar-refractivity contribution is 14.1. The zero-order valence-corrected chi connectivity index (χ0v) is 16.1. The van der Waals surface area contributed by atoms with Gasteiger partial charge >= 0.3 is 10.4 Å². The van der Waals surface area contributed by atoms with Crippen LogP contribution in [0.2, 0.25) is 0 Å². The molecule has 0 amide bonds. The fourth-order valence-electron chi connectivity index (χ4n) is 1.77. The quantitative estimate of drug-likeness (QED) is 0.239. The van der Waals surface area contributed by atoms with Crippen LogP contribution in [0.25, 0.3) is 0 Å². The predicted molar refractivity (Wildman–Crippen MR) is 99.7 cm³/mol. The minimum absolute atomic E-state index is 0.0638. The van der Waals surface area contributed by atoms with Crippen LogP contribution in [0, 0.1) is 0 Å². The summed E-state index contributed by atoms with van der Waals surface area (Å²) in [6, 6.07) is 12.0. The molecule has 0 aliphatic carbocycles. The first-order chi connectivity index (χ1) is 10.5. The molecule has 1 N–H and O–H groups in total. The summed E-state index contributed by atoms with van der Waals surface area (Å²) in [7, 11) is -4.27. The molecule has 128 valence electrons. The third-order valence-electron chi connectivity index (χ3n) is 2.94. The van der Waals surface area contributed by atoms with Gasteiger partial charge in [0.2, 0.25) is 0 Å². The van der Waals surface area contributed by atoms with Crippen LogP contribution in [-0.4, -0.2) is 23.5 Å². The van der Waals surface area contributed by atoms with E-state index in [0.717, 1.165) is 12.8 Å². The lowest BCUT2D eigenvalue weighted by molar-refractivity contribution is 0.268. The summed E-state index contributed by atoms with van der Waals surface area (Å²) >= 11 is 2.15. The molecule has 0 spiro atoms. The van der Waals surface area contributed by atoms with Crippen LogP contribution in [-0.2, 0) is 14.6 Å². The number of hydrogen-bond acceptors (Lipinski definition) is 3. The van der Waals surface area contributed by atoms with Gasteiger partial charge in [-0.15, -0.1) is 0 Å². The Morgan fingerprint density at radius 1 is 0.955 bits per heavy atom. The van der Waals surface area contributed by atoms with Crippen LogP contribution in [0.4, 0.5) is 0 Å². The molecule has 4 nitrogen and oxygen atoms in total. The van der Waals surface area contributed by atoms with Crippen LogP contribution in [0.1, 0.15) is 51.9 Å². The smallest absolute Gasteiger partial charge is 0.264 e. The number of hydrogen-bond donors (Lipinski definition) is 1. The molecule has 0 bridgehead atoms. The molecule has 1 atom stereocenters. The first-order valence-electron chi connectivity index (χ1n) is 7.71. The van der Waals surface area contributed by atoms with Crippen molar-refractivity contribution in [2.24, 2.45) is 0 Å². The van der Waals surface area contributed by atoms with Gasteiger partial charge < -0.3 is 0 Å². The van der Waals surface area contributed by atoms with E-state index in [4.69, 9.17) is 4.55 Å². The third-order valence-corrected chi connectivity index (χ3v) is 4.35. The lowest BCUT2D eigenvalue weighted by Crippen LogP contribution is -2.13. The van der Waals surface area contributed by atoms with Gasteiger partial charge in [0.1, 0.15) is 0 Å². The fraction of sp³-hybridized carbons (Fsp3) is 0.625. The Kier molecular flexibility index (Phi) is 14.3. The maximum atomic E-state index is 10.3. The second kappa shape index (κ2) is 14.4. The van der Waals surface area contributed by atoms with E-state index in [1.165, 1.54) is 32.1 Å². The largest absolute Gasteiger partial charge is 0.397 e. The van der Waals surface area contributed by atoms with Crippen molar-refractivity contribution >= 4 is 33.0 Å². The number of alkyl halides is 1. The summed E-state index contributed by atoms with van der Waals surface area (Å²) in [6.07, 6.45) is 8.27. The highest BCUT2D eigenvalue weighted by atomic mass is 127. The SMILES string of the molecule is CCCCCCCCC(I)COS(=O)(=O)O.c1ccccc1. The fourth-order valence-corrected chi connectivity index (χ4v) is 2.97. The van der Waals surface area contributed by atoms with Crippen LogP contribution < -0.4 is 0 Å². The van der Waals surface area contributed by atoms with E-state index in [1.54, 1.807) is 0 Å². The second-order valence-corrected chi connectivity index (χ2v) is 7.87. The van der Waals surface area contributed by atoms with Crippen LogP contribution in [0.15, 0.2) is 36.4 Å². The normalized spacial score (nSPS) is 12.3. The molecule has 1 aromatic rings. The summed E-state index contributed by atoms with van der Waals surface area (Å²) in [4.78, 5) is 0. The summed E-state index contributed by atoms with van der Waals surface area (Å²) < 4.78 is 33.5. The lowest BCUT2D eigenvalue weighted by atomic mass is 10.1. The van der Waals surface area contributed by atoms with Gasteiger partial charge in [-0.05, 0) is 6.42 Å². The van der Waals surface area contributed by atoms with Gasteiger partial charge in [-0.2, -0.15) is 8.42 Å². The number of halogens is 1. The van der Waals surface area contributed by atoms with Crippen molar-refractivity contribution < 1.29 is 17.2 Å². The molecule has 0 aliphatic heterocycles. The van der Waals surface area contributed by atoms with E-state index >= 15 is 0 Å². The van der Waals surface area contributed by atoms with E-state index in [2.05, 4.69) is 33.7 Å². The number of benzene rings is 1. The van der Waals surface area contributed by atoms with Crippen molar-refractivity contribution in [2.75, 3.05) is 6.61 Å². The van der Waals surface area contributed by atoms with Crippen molar-refractivity contribution in [3.63, 3.8) is 0 Å². The highest BCUT2D eigenvalue weighted by Crippen LogP contribution is 2.14. The van der Waals surface area contributed by atoms with E-state index in [0.29, 0.717) is 0 Å². The molecule has 1 rings (SSSR count). The van der Waals surface area contributed by atoms with E-state index in [1.807, 2.05) is 36.4 Å². The molecule has 0 heterocycles. The van der Waals surface area contributed by atoms with Gasteiger partial charge in [-0.3, -0.25) is 4.55 Å². The Morgan fingerprint density at radius 2 is 1.41 bits per heavy atom. The molecule has 0 aliphatic rings. The van der Waals surface area contributed by atoms with E-state index in [9.17, 15) is 8.42 Å². The summed E-state index contributed by atoms with van der Waals surface area (Å²) in [6.45, 7) is 2.25. The van der Waals surface area contributed by atoms with Crippen LogP contribution in [0.5, 0.6) is 0 Å². The van der Waals surface area contributed by atoms with Gasteiger partial charge in [0.25, 0.3) is 0 Å². The molecule has 0 fully saturated rings.